The molecule has 114 valence electrons. The standard InChI is InChI=1S/C17H28O3/c1-4-20-16(19)14(2)9-8-12-17(3)11-7-5-6-10-15(18)13-17/h9H,4-8,10-13H2,1-3H3/b14-9+/t17-/m0/s1. The number of ether oxygens (including phenoxy) is 1. The van der Waals surface area contributed by atoms with Crippen LogP contribution in [0.3, 0.4) is 0 Å². The fourth-order valence-corrected chi connectivity index (χ4v) is 2.88. The SMILES string of the molecule is CCOC(=O)/C(C)=C/CC[C@]1(C)CCCCCC(=O)C1. The Morgan fingerprint density at radius 1 is 1.35 bits per heavy atom. The second-order valence-corrected chi connectivity index (χ2v) is 6.23. The molecule has 0 radical (unpaired) electrons. The van der Waals surface area contributed by atoms with Crippen LogP contribution < -0.4 is 0 Å². The molecule has 0 aromatic heterocycles. The van der Waals surface area contributed by atoms with Crippen LogP contribution in [0.25, 0.3) is 0 Å². The molecule has 20 heavy (non-hydrogen) atoms. The highest BCUT2D eigenvalue weighted by Crippen LogP contribution is 2.36. The number of hydrogen-bond donors (Lipinski definition) is 0. The van der Waals surface area contributed by atoms with Crippen LogP contribution in [-0.4, -0.2) is 18.4 Å². The summed E-state index contributed by atoms with van der Waals surface area (Å²) in [6.07, 6.45) is 9.74. The molecule has 1 aliphatic rings. The summed E-state index contributed by atoms with van der Waals surface area (Å²) in [6, 6.07) is 0. The van der Waals surface area contributed by atoms with Gasteiger partial charge in [0.2, 0.25) is 0 Å². The first-order valence-electron chi connectivity index (χ1n) is 7.82. The first kappa shape index (κ1) is 16.9. The van der Waals surface area contributed by atoms with Gasteiger partial charge in [0.1, 0.15) is 5.78 Å². The van der Waals surface area contributed by atoms with E-state index >= 15 is 0 Å². The quantitative estimate of drug-likeness (QED) is 0.560. The molecular weight excluding hydrogens is 252 g/mol. The molecule has 0 amide bonds. The second-order valence-electron chi connectivity index (χ2n) is 6.23. The van der Waals surface area contributed by atoms with E-state index in [0.717, 1.165) is 32.1 Å². The number of esters is 1. The zero-order valence-electron chi connectivity index (χ0n) is 13.2. The maximum Gasteiger partial charge on any atom is 0.333 e. The van der Waals surface area contributed by atoms with Crippen molar-refractivity contribution in [1.82, 2.24) is 0 Å². The summed E-state index contributed by atoms with van der Waals surface area (Å²) >= 11 is 0. The molecule has 3 heteroatoms. The van der Waals surface area contributed by atoms with Crippen LogP contribution >= 0.6 is 0 Å². The number of Topliss-reactive ketones (excluding diaryl/α,β-unsaturated/α-hetero) is 1. The largest absolute Gasteiger partial charge is 0.463 e. The van der Waals surface area contributed by atoms with E-state index < -0.39 is 0 Å². The summed E-state index contributed by atoms with van der Waals surface area (Å²) in [5, 5.41) is 0. The van der Waals surface area contributed by atoms with Crippen molar-refractivity contribution < 1.29 is 14.3 Å². The van der Waals surface area contributed by atoms with Crippen LogP contribution in [-0.2, 0) is 14.3 Å². The number of allylic oxidation sites excluding steroid dienone is 1. The van der Waals surface area contributed by atoms with Crippen LogP contribution in [0.15, 0.2) is 11.6 Å². The Morgan fingerprint density at radius 3 is 2.80 bits per heavy atom. The molecular formula is C17H28O3. The zero-order valence-corrected chi connectivity index (χ0v) is 13.2. The van der Waals surface area contributed by atoms with Gasteiger partial charge in [0.25, 0.3) is 0 Å². The Hall–Kier alpha value is -1.12. The van der Waals surface area contributed by atoms with Gasteiger partial charge in [-0.1, -0.05) is 25.8 Å². The van der Waals surface area contributed by atoms with Crippen molar-refractivity contribution in [2.45, 2.75) is 72.1 Å². The third-order valence-electron chi connectivity index (χ3n) is 4.16. The molecule has 0 unspecified atom stereocenters. The lowest BCUT2D eigenvalue weighted by atomic mass is 9.74. The number of carbonyl (C=O) groups is 2. The Balaban J connectivity index is 2.50. The fourth-order valence-electron chi connectivity index (χ4n) is 2.88. The lowest BCUT2D eigenvalue weighted by Gasteiger charge is -2.30. The Kier molecular flexibility index (Phi) is 6.97. The molecule has 0 saturated heterocycles. The van der Waals surface area contributed by atoms with Gasteiger partial charge in [-0.2, -0.15) is 0 Å². The molecule has 3 nitrogen and oxygen atoms in total. The van der Waals surface area contributed by atoms with Crippen LogP contribution in [0, 0.1) is 5.41 Å². The molecule has 1 fully saturated rings. The first-order chi connectivity index (χ1) is 9.47. The topological polar surface area (TPSA) is 43.4 Å². The molecule has 0 spiro atoms. The van der Waals surface area contributed by atoms with Crippen LogP contribution in [0.1, 0.15) is 72.1 Å². The van der Waals surface area contributed by atoms with E-state index in [2.05, 4.69) is 6.92 Å². The lowest BCUT2D eigenvalue weighted by Crippen LogP contribution is -2.22. The summed E-state index contributed by atoms with van der Waals surface area (Å²) in [4.78, 5) is 23.4. The van der Waals surface area contributed by atoms with Gasteiger partial charge in [-0.25, -0.2) is 4.79 Å². The third-order valence-corrected chi connectivity index (χ3v) is 4.16. The first-order valence-corrected chi connectivity index (χ1v) is 7.82. The Bertz CT molecular complexity index is 370. The molecule has 0 aromatic carbocycles. The average molecular weight is 280 g/mol. The predicted molar refractivity (Wildman–Crippen MR) is 80.4 cm³/mol. The molecule has 0 bridgehead atoms. The Morgan fingerprint density at radius 2 is 2.10 bits per heavy atom. The highest BCUT2D eigenvalue weighted by molar-refractivity contribution is 5.87. The zero-order chi connectivity index (χ0) is 15.0. The van der Waals surface area contributed by atoms with Crippen molar-refractivity contribution in [3.63, 3.8) is 0 Å². The molecule has 0 aliphatic heterocycles. The number of ketones is 1. The average Bonchev–Trinajstić information content (AvgIpc) is 2.36. The second kappa shape index (κ2) is 8.23. The molecule has 1 aliphatic carbocycles. The minimum Gasteiger partial charge on any atom is -0.463 e. The highest BCUT2D eigenvalue weighted by Gasteiger charge is 2.27. The number of carbonyl (C=O) groups excluding carboxylic acids is 2. The summed E-state index contributed by atoms with van der Waals surface area (Å²) in [5.41, 5.74) is 0.774. The van der Waals surface area contributed by atoms with Crippen molar-refractivity contribution in [3.8, 4) is 0 Å². The monoisotopic (exact) mass is 280 g/mol. The van der Waals surface area contributed by atoms with Crippen molar-refractivity contribution in [1.29, 1.82) is 0 Å². The number of rotatable bonds is 5. The van der Waals surface area contributed by atoms with Crippen LogP contribution in [0.5, 0.6) is 0 Å². The highest BCUT2D eigenvalue weighted by atomic mass is 16.5. The predicted octanol–water partition coefficient (Wildman–Crippen LogP) is 4.21. The van der Waals surface area contributed by atoms with Gasteiger partial charge in [0, 0.05) is 18.4 Å². The molecule has 1 rings (SSSR count). The van der Waals surface area contributed by atoms with Crippen molar-refractivity contribution in [2.24, 2.45) is 5.41 Å². The molecule has 1 saturated carbocycles. The normalized spacial score (nSPS) is 24.9. The maximum absolute atomic E-state index is 11.9. The van der Waals surface area contributed by atoms with Gasteiger partial charge in [-0.3, -0.25) is 4.79 Å². The van der Waals surface area contributed by atoms with Crippen molar-refractivity contribution in [2.75, 3.05) is 6.61 Å². The minimum atomic E-state index is -0.230. The van der Waals surface area contributed by atoms with Crippen LogP contribution in [0.4, 0.5) is 0 Å². The lowest BCUT2D eigenvalue weighted by molar-refractivity contribution is -0.138. The van der Waals surface area contributed by atoms with Crippen molar-refractivity contribution >= 4 is 11.8 Å². The summed E-state index contributed by atoms with van der Waals surface area (Å²) in [7, 11) is 0. The van der Waals surface area contributed by atoms with Crippen LogP contribution in [0.2, 0.25) is 0 Å². The third kappa shape index (κ3) is 5.89. The van der Waals surface area contributed by atoms with E-state index in [1.807, 2.05) is 13.0 Å². The van der Waals surface area contributed by atoms with E-state index in [1.54, 1.807) is 6.92 Å². The number of hydrogen-bond acceptors (Lipinski definition) is 3. The van der Waals surface area contributed by atoms with Gasteiger partial charge in [0.05, 0.1) is 6.61 Å². The molecule has 1 atom stereocenters. The van der Waals surface area contributed by atoms with Gasteiger partial charge in [-0.15, -0.1) is 0 Å². The molecule has 0 aromatic rings. The molecule has 0 heterocycles. The van der Waals surface area contributed by atoms with E-state index in [-0.39, 0.29) is 11.4 Å². The van der Waals surface area contributed by atoms with Gasteiger partial charge >= 0.3 is 5.97 Å². The smallest absolute Gasteiger partial charge is 0.333 e. The van der Waals surface area contributed by atoms with E-state index in [4.69, 9.17) is 4.74 Å². The van der Waals surface area contributed by atoms with E-state index in [9.17, 15) is 9.59 Å². The minimum absolute atomic E-state index is 0.100. The van der Waals surface area contributed by atoms with Gasteiger partial charge in [-0.05, 0) is 44.9 Å². The van der Waals surface area contributed by atoms with Gasteiger partial charge in [0.15, 0.2) is 0 Å². The van der Waals surface area contributed by atoms with E-state index in [1.165, 1.54) is 12.8 Å². The fraction of sp³-hybridized carbons (Fsp3) is 0.765. The maximum atomic E-state index is 11.9. The van der Waals surface area contributed by atoms with E-state index in [0.29, 0.717) is 24.4 Å². The summed E-state index contributed by atoms with van der Waals surface area (Å²) < 4.78 is 4.96. The summed E-state index contributed by atoms with van der Waals surface area (Å²) in [6.45, 7) is 6.23. The van der Waals surface area contributed by atoms with Gasteiger partial charge < -0.3 is 4.74 Å². The Labute approximate surface area is 122 Å². The molecule has 0 N–H and O–H groups in total. The summed E-state index contributed by atoms with van der Waals surface area (Å²) in [5.74, 6) is 0.171. The van der Waals surface area contributed by atoms with Crippen molar-refractivity contribution in [3.05, 3.63) is 11.6 Å².